The van der Waals surface area contributed by atoms with Crippen LogP contribution in [0.4, 0.5) is 4.79 Å². The lowest BCUT2D eigenvalue weighted by Gasteiger charge is -2.06. The maximum atomic E-state index is 11.1. The first-order valence-electron chi connectivity index (χ1n) is 5.42. The van der Waals surface area contributed by atoms with Crippen molar-refractivity contribution in [3.8, 4) is 0 Å². The average molecular weight is 251 g/mol. The van der Waals surface area contributed by atoms with Gasteiger partial charge in [-0.3, -0.25) is 10.1 Å². The number of amides is 3. The Hall–Kier alpha value is -0.810. The van der Waals surface area contributed by atoms with Crippen LogP contribution in [0.5, 0.6) is 0 Å². The van der Waals surface area contributed by atoms with Gasteiger partial charge in [-0.25, -0.2) is 4.79 Å². The van der Waals surface area contributed by atoms with Crippen LogP contribution in [0.15, 0.2) is 0 Å². The number of urea groups is 1. The Bertz CT molecular complexity index is 212. The van der Waals surface area contributed by atoms with E-state index in [4.69, 9.17) is 16.3 Å². The van der Waals surface area contributed by atoms with Crippen LogP contribution in [-0.2, 0) is 9.53 Å². The third-order valence-electron chi connectivity index (χ3n) is 1.75. The zero-order chi connectivity index (χ0) is 12.2. The van der Waals surface area contributed by atoms with Crippen LogP contribution in [0.25, 0.3) is 0 Å². The lowest BCUT2D eigenvalue weighted by molar-refractivity contribution is -0.119. The molecular formula is C10H19ClN2O3. The summed E-state index contributed by atoms with van der Waals surface area (Å²) in [6, 6.07) is -0.505. The van der Waals surface area contributed by atoms with E-state index in [0.717, 1.165) is 12.8 Å². The summed E-state index contributed by atoms with van der Waals surface area (Å²) in [5.74, 6) is -0.168. The molecule has 2 N–H and O–H groups in total. The fraction of sp³-hybridized carbons (Fsp3) is 0.800. The van der Waals surface area contributed by atoms with Crippen LogP contribution in [-0.4, -0.2) is 37.6 Å². The monoisotopic (exact) mass is 250 g/mol. The Balaban J connectivity index is 3.33. The van der Waals surface area contributed by atoms with Crippen LogP contribution in [0.1, 0.15) is 26.2 Å². The Morgan fingerprint density at radius 2 is 2.06 bits per heavy atom. The third kappa shape index (κ3) is 9.73. The molecule has 0 heterocycles. The van der Waals surface area contributed by atoms with E-state index in [2.05, 4.69) is 17.6 Å². The number of halogens is 1. The van der Waals surface area contributed by atoms with E-state index in [1.807, 2.05) is 0 Å². The number of alkyl halides is 1. The molecule has 0 bridgehead atoms. The molecule has 0 spiro atoms. The molecule has 0 atom stereocenters. The highest BCUT2D eigenvalue weighted by Gasteiger charge is 2.05. The summed E-state index contributed by atoms with van der Waals surface area (Å²) >= 11 is 5.34. The second kappa shape index (κ2) is 10.7. The van der Waals surface area contributed by atoms with Gasteiger partial charge < -0.3 is 10.1 Å². The van der Waals surface area contributed by atoms with Crippen LogP contribution in [0, 0.1) is 0 Å². The zero-order valence-electron chi connectivity index (χ0n) is 9.55. The molecule has 0 aliphatic carbocycles. The zero-order valence-corrected chi connectivity index (χ0v) is 10.3. The minimum Gasteiger partial charge on any atom is -0.380 e. The van der Waals surface area contributed by atoms with E-state index in [9.17, 15) is 9.59 Å². The molecule has 0 fully saturated rings. The summed E-state index contributed by atoms with van der Waals surface area (Å²) in [4.78, 5) is 22.0. The molecular weight excluding hydrogens is 232 g/mol. The van der Waals surface area contributed by atoms with Gasteiger partial charge in [0, 0.05) is 25.5 Å². The standard InChI is InChI=1S/C10H19ClN2O3/c1-2-3-7-16-8-6-12-10(15)13-9(14)4-5-11/h2-8H2,1H3,(H2,12,13,14,15). The van der Waals surface area contributed by atoms with Crippen molar-refractivity contribution in [2.75, 3.05) is 25.6 Å². The van der Waals surface area contributed by atoms with Gasteiger partial charge in [-0.2, -0.15) is 0 Å². The Morgan fingerprint density at radius 1 is 1.31 bits per heavy atom. The van der Waals surface area contributed by atoms with E-state index in [1.165, 1.54) is 0 Å². The molecule has 3 amide bonds. The summed E-state index contributed by atoms with van der Waals surface area (Å²) in [5, 5.41) is 4.66. The van der Waals surface area contributed by atoms with Crippen molar-refractivity contribution in [2.45, 2.75) is 26.2 Å². The molecule has 16 heavy (non-hydrogen) atoms. The normalized spacial score (nSPS) is 9.88. The maximum absolute atomic E-state index is 11.1. The smallest absolute Gasteiger partial charge is 0.321 e. The van der Waals surface area contributed by atoms with Gasteiger partial charge >= 0.3 is 6.03 Å². The van der Waals surface area contributed by atoms with Crippen molar-refractivity contribution in [3.63, 3.8) is 0 Å². The summed E-state index contributed by atoms with van der Waals surface area (Å²) in [5.41, 5.74) is 0. The molecule has 94 valence electrons. The van der Waals surface area contributed by atoms with Crippen LogP contribution >= 0.6 is 11.6 Å². The predicted molar refractivity (Wildman–Crippen MR) is 62.6 cm³/mol. The lowest BCUT2D eigenvalue weighted by atomic mass is 10.4. The van der Waals surface area contributed by atoms with Crippen molar-refractivity contribution in [3.05, 3.63) is 0 Å². The highest BCUT2D eigenvalue weighted by atomic mass is 35.5. The molecule has 5 nitrogen and oxygen atoms in total. The molecule has 0 saturated heterocycles. The molecule has 0 radical (unpaired) electrons. The van der Waals surface area contributed by atoms with Gasteiger partial charge in [0.25, 0.3) is 0 Å². The first kappa shape index (κ1) is 15.2. The molecule has 0 aliphatic rings. The Kier molecular flexibility index (Phi) is 10.2. The largest absolute Gasteiger partial charge is 0.380 e. The summed E-state index contributed by atoms with van der Waals surface area (Å²) in [6.45, 7) is 3.63. The summed E-state index contributed by atoms with van der Waals surface area (Å²) < 4.78 is 5.23. The van der Waals surface area contributed by atoms with E-state index < -0.39 is 6.03 Å². The van der Waals surface area contributed by atoms with Crippen molar-refractivity contribution >= 4 is 23.5 Å². The topological polar surface area (TPSA) is 67.4 Å². The van der Waals surface area contributed by atoms with Crippen LogP contribution in [0.2, 0.25) is 0 Å². The van der Waals surface area contributed by atoms with Crippen molar-refractivity contribution in [1.29, 1.82) is 0 Å². The Morgan fingerprint density at radius 3 is 2.69 bits per heavy atom. The fourth-order valence-corrected chi connectivity index (χ4v) is 1.08. The first-order valence-corrected chi connectivity index (χ1v) is 5.95. The highest BCUT2D eigenvalue weighted by molar-refractivity contribution is 6.19. The van der Waals surface area contributed by atoms with Crippen LogP contribution < -0.4 is 10.6 Å². The van der Waals surface area contributed by atoms with Gasteiger partial charge in [0.1, 0.15) is 0 Å². The molecule has 0 saturated carbocycles. The fourth-order valence-electron chi connectivity index (χ4n) is 0.904. The highest BCUT2D eigenvalue weighted by Crippen LogP contribution is 1.86. The number of rotatable bonds is 8. The number of hydrogen-bond acceptors (Lipinski definition) is 3. The Labute approximate surface area is 101 Å². The molecule has 0 unspecified atom stereocenters. The molecule has 6 heteroatoms. The van der Waals surface area contributed by atoms with E-state index in [0.29, 0.717) is 19.8 Å². The molecule has 0 rings (SSSR count). The van der Waals surface area contributed by atoms with Crippen molar-refractivity contribution in [2.24, 2.45) is 0 Å². The summed E-state index contributed by atoms with van der Waals surface area (Å²) in [7, 11) is 0. The number of imide groups is 1. The molecule has 0 aliphatic heterocycles. The molecule has 0 aromatic carbocycles. The number of unbranched alkanes of at least 4 members (excludes halogenated alkanes) is 1. The van der Waals surface area contributed by atoms with Crippen molar-refractivity contribution in [1.82, 2.24) is 10.6 Å². The van der Waals surface area contributed by atoms with Gasteiger partial charge in [0.05, 0.1) is 6.61 Å². The van der Waals surface area contributed by atoms with Gasteiger partial charge in [-0.1, -0.05) is 13.3 Å². The number of hydrogen-bond donors (Lipinski definition) is 2. The van der Waals surface area contributed by atoms with Gasteiger partial charge in [0.2, 0.25) is 5.91 Å². The molecule has 0 aromatic rings. The van der Waals surface area contributed by atoms with Gasteiger partial charge in [-0.05, 0) is 6.42 Å². The number of ether oxygens (including phenoxy) is 1. The van der Waals surface area contributed by atoms with E-state index >= 15 is 0 Å². The van der Waals surface area contributed by atoms with E-state index in [-0.39, 0.29) is 18.2 Å². The first-order chi connectivity index (χ1) is 7.70. The lowest BCUT2D eigenvalue weighted by Crippen LogP contribution is -2.40. The van der Waals surface area contributed by atoms with Crippen molar-refractivity contribution < 1.29 is 14.3 Å². The summed E-state index contributed by atoms with van der Waals surface area (Å²) in [6.07, 6.45) is 2.24. The van der Waals surface area contributed by atoms with E-state index in [1.54, 1.807) is 0 Å². The SMILES string of the molecule is CCCCOCCNC(=O)NC(=O)CCCl. The third-order valence-corrected chi connectivity index (χ3v) is 1.94. The quantitative estimate of drug-likeness (QED) is 0.503. The second-order valence-electron chi connectivity index (χ2n) is 3.21. The number of carbonyl (C=O) groups is 2. The average Bonchev–Trinajstić information content (AvgIpc) is 2.23. The minimum atomic E-state index is -0.505. The van der Waals surface area contributed by atoms with Gasteiger partial charge in [-0.15, -0.1) is 11.6 Å². The van der Waals surface area contributed by atoms with Gasteiger partial charge in [0.15, 0.2) is 0 Å². The second-order valence-corrected chi connectivity index (χ2v) is 3.59. The van der Waals surface area contributed by atoms with Crippen LogP contribution in [0.3, 0.4) is 0 Å². The minimum absolute atomic E-state index is 0.141. The maximum Gasteiger partial charge on any atom is 0.321 e. The number of nitrogens with one attached hydrogen (secondary N) is 2. The number of carbonyl (C=O) groups excluding carboxylic acids is 2. The molecule has 0 aromatic heterocycles. The predicted octanol–water partition coefficient (Wildman–Crippen LogP) is 1.26.